The molecule has 0 saturated carbocycles. The Kier molecular flexibility index (Phi) is 7.56. The molecule has 0 aliphatic heterocycles. The van der Waals surface area contributed by atoms with Crippen LogP contribution in [0.1, 0.15) is 30.5 Å². The predicted octanol–water partition coefficient (Wildman–Crippen LogP) is 4.94. The van der Waals surface area contributed by atoms with Crippen LogP contribution in [-0.2, 0) is 21.4 Å². The maximum atomic E-state index is 12.6. The van der Waals surface area contributed by atoms with Gasteiger partial charge in [0.1, 0.15) is 18.4 Å². The number of hydrogen-bond acceptors (Lipinski definition) is 4. The molecule has 0 spiro atoms. The van der Waals surface area contributed by atoms with Crippen molar-refractivity contribution in [1.82, 2.24) is 4.72 Å². The summed E-state index contributed by atoms with van der Waals surface area (Å²) in [4.78, 5) is 11.4. The first-order valence-corrected chi connectivity index (χ1v) is 12.2. The molecule has 1 atom stereocenters. The molecule has 3 aromatic carbocycles. The average molecular weight is 468 g/mol. The molecular formula is C26H29NO5S. The van der Waals surface area contributed by atoms with E-state index in [-0.39, 0.29) is 10.8 Å². The first-order chi connectivity index (χ1) is 15.6. The molecule has 0 radical (unpaired) electrons. The summed E-state index contributed by atoms with van der Waals surface area (Å²) in [7, 11) is -3.94. The number of carboxylic acid groups (broad SMARTS) is 1. The van der Waals surface area contributed by atoms with E-state index >= 15 is 0 Å². The fraction of sp³-hybridized carbons (Fsp3) is 0.269. The Morgan fingerprint density at radius 3 is 1.91 bits per heavy atom. The number of para-hydroxylation sites is 1. The van der Waals surface area contributed by atoms with Crippen LogP contribution in [0.25, 0.3) is 11.1 Å². The van der Waals surface area contributed by atoms with Crippen LogP contribution in [0, 0.1) is 19.8 Å². The molecular weight excluding hydrogens is 438 g/mol. The maximum Gasteiger partial charge on any atom is 0.322 e. The highest BCUT2D eigenvalue weighted by atomic mass is 32.2. The fourth-order valence-electron chi connectivity index (χ4n) is 3.51. The van der Waals surface area contributed by atoms with Gasteiger partial charge >= 0.3 is 5.97 Å². The molecule has 3 aromatic rings. The van der Waals surface area contributed by atoms with Crippen LogP contribution in [-0.4, -0.2) is 25.5 Å². The second kappa shape index (κ2) is 10.2. The zero-order valence-corrected chi connectivity index (χ0v) is 20.0. The summed E-state index contributed by atoms with van der Waals surface area (Å²) in [6, 6.07) is 19.1. The van der Waals surface area contributed by atoms with Crippen molar-refractivity contribution in [3.05, 3.63) is 83.4 Å². The molecule has 33 heavy (non-hydrogen) atoms. The summed E-state index contributed by atoms with van der Waals surface area (Å²) in [6.45, 7) is 7.81. The van der Waals surface area contributed by atoms with Crippen LogP contribution in [0.3, 0.4) is 0 Å². The normalized spacial score (nSPS) is 12.5. The number of aryl methyl sites for hydroxylation is 2. The lowest BCUT2D eigenvalue weighted by atomic mass is 10.0. The molecule has 6 nitrogen and oxygen atoms in total. The molecule has 0 aromatic heterocycles. The highest BCUT2D eigenvalue weighted by Gasteiger charge is 2.27. The number of carboxylic acids is 1. The van der Waals surface area contributed by atoms with Gasteiger partial charge in [0.25, 0.3) is 0 Å². The predicted molar refractivity (Wildman–Crippen MR) is 129 cm³/mol. The van der Waals surface area contributed by atoms with Crippen molar-refractivity contribution in [2.24, 2.45) is 5.92 Å². The van der Waals surface area contributed by atoms with Crippen molar-refractivity contribution in [1.29, 1.82) is 0 Å². The zero-order valence-electron chi connectivity index (χ0n) is 19.2. The second-order valence-electron chi connectivity index (χ2n) is 8.41. The summed E-state index contributed by atoms with van der Waals surface area (Å²) >= 11 is 0. The van der Waals surface area contributed by atoms with E-state index in [2.05, 4.69) is 4.72 Å². The molecule has 0 fully saturated rings. The maximum absolute atomic E-state index is 12.6. The molecule has 0 amide bonds. The van der Waals surface area contributed by atoms with Crippen molar-refractivity contribution in [2.75, 3.05) is 0 Å². The third kappa shape index (κ3) is 6.00. The largest absolute Gasteiger partial charge is 0.488 e. The Labute approximate surface area is 195 Å². The smallest absolute Gasteiger partial charge is 0.322 e. The molecule has 7 heteroatoms. The number of hydrogen-bond donors (Lipinski definition) is 2. The van der Waals surface area contributed by atoms with E-state index in [0.717, 1.165) is 33.6 Å². The zero-order chi connectivity index (χ0) is 24.2. The van der Waals surface area contributed by atoms with Crippen LogP contribution >= 0.6 is 0 Å². The van der Waals surface area contributed by atoms with Gasteiger partial charge in [-0.15, -0.1) is 0 Å². The topological polar surface area (TPSA) is 92.7 Å². The minimum absolute atomic E-state index is 0.0248. The van der Waals surface area contributed by atoms with Crippen molar-refractivity contribution >= 4 is 16.0 Å². The van der Waals surface area contributed by atoms with Crippen LogP contribution in [0.5, 0.6) is 5.75 Å². The Balaban J connectivity index is 1.70. The third-order valence-corrected chi connectivity index (χ3v) is 6.92. The van der Waals surface area contributed by atoms with E-state index in [0.29, 0.717) is 6.61 Å². The Hall–Kier alpha value is -3.16. The van der Waals surface area contributed by atoms with Gasteiger partial charge in [0.15, 0.2) is 0 Å². The van der Waals surface area contributed by atoms with Gasteiger partial charge in [-0.25, -0.2) is 8.42 Å². The highest BCUT2D eigenvalue weighted by Crippen LogP contribution is 2.25. The molecule has 0 saturated heterocycles. The van der Waals surface area contributed by atoms with E-state index in [1.165, 1.54) is 12.1 Å². The van der Waals surface area contributed by atoms with Gasteiger partial charge in [-0.1, -0.05) is 68.4 Å². The van der Waals surface area contributed by atoms with Crippen LogP contribution in [0.4, 0.5) is 0 Å². The summed E-state index contributed by atoms with van der Waals surface area (Å²) in [6.07, 6.45) is 0. The molecule has 2 N–H and O–H groups in total. The van der Waals surface area contributed by atoms with E-state index < -0.39 is 22.0 Å². The number of aliphatic carboxylic acids is 1. The molecule has 174 valence electrons. The number of rotatable bonds is 9. The third-order valence-electron chi connectivity index (χ3n) is 5.46. The number of sulfonamides is 1. The first-order valence-electron chi connectivity index (χ1n) is 10.7. The molecule has 0 aliphatic carbocycles. The van der Waals surface area contributed by atoms with Gasteiger partial charge in [0.2, 0.25) is 10.0 Å². The van der Waals surface area contributed by atoms with Crippen LogP contribution < -0.4 is 9.46 Å². The van der Waals surface area contributed by atoms with Crippen molar-refractivity contribution < 1.29 is 23.1 Å². The van der Waals surface area contributed by atoms with E-state index in [4.69, 9.17) is 4.74 Å². The monoisotopic (exact) mass is 467 g/mol. The molecule has 0 unspecified atom stereocenters. The van der Waals surface area contributed by atoms with Crippen LogP contribution in [0.2, 0.25) is 0 Å². The molecule has 0 aliphatic rings. The quantitative estimate of drug-likeness (QED) is 0.465. The van der Waals surface area contributed by atoms with Gasteiger partial charge in [0.05, 0.1) is 4.90 Å². The summed E-state index contributed by atoms with van der Waals surface area (Å²) in [5.41, 5.74) is 5.01. The fourth-order valence-corrected chi connectivity index (χ4v) is 4.85. The number of nitrogens with one attached hydrogen (secondary N) is 1. The lowest BCUT2D eigenvalue weighted by Crippen LogP contribution is -2.44. The van der Waals surface area contributed by atoms with Gasteiger partial charge in [-0.3, -0.25) is 4.79 Å². The van der Waals surface area contributed by atoms with E-state index in [1.54, 1.807) is 26.0 Å². The lowest BCUT2D eigenvalue weighted by molar-refractivity contribution is -0.140. The minimum Gasteiger partial charge on any atom is -0.488 e. The SMILES string of the molecule is Cc1cccc(C)c1OCc1ccc(-c2ccc(S(=O)(=O)N[C@@H](C(=O)O)C(C)C)cc2)cc1. The number of ether oxygens (including phenoxy) is 1. The Bertz CT molecular complexity index is 1200. The van der Waals surface area contributed by atoms with Crippen LogP contribution in [0.15, 0.2) is 71.6 Å². The molecule has 0 bridgehead atoms. The van der Waals surface area contributed by atoms with Crippen molar-refractivity contribution in [2.45, 2.75) is 45.2 Å². The van der Waals surface area contributed by atoms with Gasteiger partial charge < -0.3 is 9.84 Å². The van der Waals surface area contributed by atoms with Gasteiger partial charge in [-0.05, 0) is 59.7 Å². The lowest BCUT2D eigenvalue weighted by Gasteiger charge is -2.18. The highest BCUT2D eigenvalue weighted by molar-refractivity contribution is 7.89. The summed E-state index contributed by atoms with van der Waals surface area (Å²) < 4.78 is 33.5. The Morgan fingerprint density at radius 2 is 1.42 bits per heavy atom. The van der Waals surface area contributed by atoms with E-state index in [9.17, 15) is 18.3 Å². The second-order valence-corrected chi connectivity index (χ2v) is 10.1. The first kappa shape index (κ1) is 24.5. The average Bonchev–Trinajstić information content (AvgIpc) is 2.77. The minimum atomic E-state index is -3.94. The van der Waals surface area contributed by atoms with Crippen molar-refractivity contribution in [3.63, 3.8) is 0 Å². The van der Waals surface area contributed by atoms with Gasteiger partial charge in [0, 0.05) is 0 Å². The van der Waals surface area contributed by atoms with Crippen molar-refractivity contribution in [3.8, 4) is 16.9 Å². The van der Waals surface area contributed by atoms with Gasteiger partial charge in [-0.2, -0.15) is 4.72 Å². The number of carbonyl (C=O) groups is 1. The number of benzene rings is 3. The summed E-state index contributed by atoms with van der Waals surface area (Å²) in [5.74, 6) is -0.685. The molecule has 0 heterocycles. The Morgan fingerprint density at radius 1 is 0.909 bits per heavy atom. The van der Waals surface area contributed by atoms with E-state index in [1.807, 2.05) is 56.3 Å². The summed E-state index contributed by atoms with van der Waals surface area (Å²) in [5, 5.41) is 9.26. The standard InChI is InChI=1S/C26H29NO5S/c1-17(2)24(26(28)29)27-33(30,31)23-14-12-22(13-15-23)21-10-8-20(9-11-21)16-32-25-18(3)6-5-7-19(25)4/h5-15,17,24,27H,16H2,1-4H3,(H,28,29)/t24-/m1/s1. The molecule has 3 rings (SSSR count).